The molecular weight excluding hydrogens is 267 g/mol. The van der Waals surface area contributed by atoms with E-state index in [0.29, 0.717) is 18.4 Å². The van der Waals surface area contributed by atoms with Gasteiger partial charge in [0.2, 0.25) is 10.0 Å². The van der Waals surface area contributed by atoms with Gasteiger partial charge in [0.05, 0.1) is 0 Å². The Morgan fingerprint density at radius 2 is 1.89 bits per heavy atom. The largest absolute Gasteiger partial charge is 0.328 e. The van der Waals surface area contributed by atoms with Gasteiger partial charge in [-0.2, -0.15) is 0 Å². The highest BCUT2D eigenvalue weighted by Gasteiger charge is 2.26. The number of rotatable bonds is 3. The summed E-state index contributed by atoms with van der Waals surface area (Å²) in [5.41, 5.74) is 6.11. The van der Waals surface area contributed by atoms with E-state index in [4.69, 9.17) is 5.73 Å². The molecule has 0 atom stereocenters. The summed E-state index contributed by atoms with van der Waals surface area (Å²) >= 11 is 0. The SMILES string of the molecule is Cc1cccc(S(=O)(=O)NC2CCC(N)CC2)c1F. The van der Waals surface area contributed by atoms with Gasteiger partial charge in [0, 0.05) is 12.1 Å². The maximum Gasteiger partial charge on any atom is 0.243 e. The highest BCUT2D eigenvalue weighted by atomic mass is 32.2. The molecule has 0 bridgehead atoms. The highest BCUT2D eigenvalue weighted by molar-refractivity contribution is 7.89. The molecule has 0 spiro atoms. The third kappa shape index (κ3) is 3.32. The van der Waals surface area contributed by atoms with Crippen molar-refractivity contribution in [1.29, 1.82) is 0 Å². The molecule has 1 saturated carbocycles. The third-order valence-corrected chi connectivity index (χ3v) is 5.08. The molecule has 106 valence electrons. The normalized spacial score (nSPS) is 24.4. The van der Waals surface area contributed by atoms with Crippen molar-refractivity contribution in [2.75, 3.05) is 0 Å². The summed E-state index contributed by atoms with van der Waals surface area (Å²) in [5.74, 6) is -0.678. The Hall–Kier alpha value is -0.980. The van der Waals surface area contributed by atoms with Crippen molar-refractivity contribution in [2.45, 2.75) is 49.6 Å². The second kappa shape index (κ2) is 5.56. The van der Waals surface area contributed by atoms with Crippen LogP contribution in [0.5, 0.6) is 0 Å². The van der Waals surface area contributed by atoms with Crippen LogP contribution in [0.3, 0.4) is 0 Å². The van der Waals surface area contributed by atoms with Crippen LogP contribution in [-0.2, 0) is 10.0 Å². The smallest absolute Gasteiger partial charge is 0.243 e. The van der Waals surface area contributed by atoms with Gasteiger partial charge in [0.15, 0.2) is 0 Å². The van der Waals surface area contributed by atoms with E-state index in [1.54, 1.807) is 19.1 Å². The number of nitrogens with two attached hydrogens (primary N) is 1. The molecule has 0 radical (unpaired) electrons. The van der Waals surface area contributed by atoms with Crippen LogP contribution in [0.1, 0.15) is 31.2 Å². The Kier molecular flexibility index (Phi) is 4.23. The van der Waals surface area contributed by atoms with Crippen LogP contribution in [-0.4, -0.2) is 20.5 Å². The van der Waals surface area contributed by atoms with E-state index in [1.165, 1.54) is 6.07 Å². The molecule has 0 unspecified atom stereocenters. The van der Waals surface area contributed by atoms with Crippen molar-refractivity contribution >= 4 is 10.0 Å². The van der Waals surface area contributed by atoms with Gasteiger partial charge in [-0.05, 0) is 44.2 Å². The quantitative estimate of drug-likeness (QED) is 0.888. The van der Waals surface area contributed by atoms with Crippen LogP contribution in [0, 0.1) is 12.7 Å². The number of hydrogen-bond acceptors (Lipinski definition) is 3. The van der Waals surface area contributed by atoms with Crippen molar-refractivity contribution in [3.05, 3.63) is 29.6 Å². The van der Waals surface area contributed by atoms with E-state index in [0.717, 1.165) is 12.8 Å². The number of halogens is 1. The predicted octanol–water partition coefficient (Wildman–Crippen LogP) is 1.68. The van der Waals surface area contributed by atoms with Gasteiger partial charge in [0.25, 0.3) is 0 Å². The predicted molar refractivity (Wildman–Crippen MR) is 71.7 cm³/mol. The van der Waals surface area contributed by atoms with E-state index in [9.17, 15) is 12.8 Å². The average Bonchev–Trinajstić information content (AvgIpc) is 2.35. The fourth-order valence-electron chi connectivity index (χ4n) is 2.35. The summed E-state index contributed by atoms with van der Waals surface area (Å²) in [4.78, 5) is -0.276. The van der Waals surface area contributed by atoms with Crippen molar-refractivity contribution in [1.82, 2.24) is 4.72 Å². The Morgan fingerprint density at radius 1 is 1.26 bits per heavy atom. The van der Waals surface area contributed by atoms with Crippen molar-refractivity contribution in [3.63, 3.8) is 0 Å². The van der Waals surface area contributed by atoms with Gasteiger partial charge in [0.1, 0.15) is 10.7 Å². The molecule has 1 fully saturated rings. The molecule has 1 aromatic rings. The van der Waals surface area contributed by atoms with Crippen LogP contribution in [0.15, 0.2) is 23.1 Å². The van der Waals surface area contributed by atoms with Crippen LogP contribution >= 0.6 is 0 Å². The Labute approximate surface area is 113 Å². The maximum absolute atomic E-state index is 13.9. The molecule has 0 heterocycles. The number of sulfonamides is 1. The minimum absolute atomic E-state index is 0.148. The zero-order valence-corrected chi connectivity index (χ0v) is 11.7. The highest BCUT2D eigenvalue weighted by Crippen LogP contribution is 2.21. The second-order valence-electron chi connectivity index (χ2n) is 5.12. The fraction of sp³-hybridized carbons (Fsp3) is 0.538. The molecule has 0 saturated heterocycles. The lowest BCUT2D eigenvalue weighted by Gasteiger charge is -2.26. The van der Waals surface area contributed by atoms with E-state index in [-0.39, 0.29) is 17.0 Å². The molecule has 0 aliphatic heterocycles. The Morgan fingerprint density at radius 3 is 2.53 bits per heavy atom. The minimum atomic E-state index is -3.80. The standard InChI is InChI=1S/C13H19FN2O2S/c1-9-3-2-4-12(13(9)14)19(17,18)16-11-7-5-10(15)6-8-11/h2-4,10-11,16H,5-8,15H2,1H3. The zero-order valence-electron chi connectivity index (χ0n) is 10.9. The molecule has 1 aromatic carbocycles. The first-order valence-electron chi connectivity index (χ1n) is 6.43. The third-order valence-electron chi connectivity index (χ3n) is 3.54. The molecule has 0 aromatic heterocycles. The second-order valence-corrected chi connectivity index (χ2v) is 6.80. The molecule has 0 amide bonds. The lowest BCUT2D eigenvalue weighted by molar-refractivity contribution is 0.373. The lowest BCUT2D eigenvalue weighted by atomic mass is 9.93. The molecule has 2 rings (SSSR count). The van der Waals surface area contributed by atoms with Crippen LogP contribution < -0.4 is 10.5 Å². The summed E-state index contributed by atoms with van der Waals surface area (Å²) < 4.78 is 40.8. The summed E-state index contributed by atoms with van der Waals surface area (Å²) in [6.07, 6.45) is 2.99. The number of benzene rings is 1. The van der Waals surface area contributed by atoms with Gasteiger partial charge in [-0.3, -0.25) is 0 Å². The van der Waals surface area contributed by atoms with E-state index in [2.05, 4.69) is 4.72 Å². The van der Waals surface area contributed by atoms with E-state index < -0.39 is 15.8 Å². The van der Waals surface area contributed by atoms with Gasteiger partial charge in [-0.1, -0.05) is 12.1 Å². The zero-order chi connectivity index (χ0) is 14.0. The summed E-state index contributed by atoms with van der Waals surface area (Å²) in [5, 5.41) is 0. The molecular formula is C13H19FN2O2S. The molecule has 6 heteroatoms. The minimum Gasteiger partial charge on any atom is -0.328 e. The number of aryl methyl sites for hydroxylation is 1. The number of nitrogens with one attached hydrogen (secondary N) is 1. The molecule has 1 aliphatic carbocycles. The van der Waals surface area contributed by atoms with Crippen LogP contribution in [0.2, 0.25) is 0 Å². The first-order valence-corrected chi connectivity index (χ1v) is 7.91. The van der Waals surface area contributed by atoms with Crippen LogP contribution in [0.4, 0.5) is 4.39 Å². The van der Waals surface area contributed by atoms with Crippen molar-refractivity contribution < 1.29 is 12.8 Å². The van der Waals surface area contributed by atoms with Crippen molar-refractivity contribution in [2.24, 2.45) is 5.73 Å². The summed E-state index contributed by atoms with van der Waals surface area (Å²) in [6.45, 7) is 1.55. The Bertz CT molecular complexity index is 552. The first kappa shape index (κ1) is 14.4. The summed E-state index contributed by atoms with van der Waals surface area (Å²) in [6, 6.07) is 4.39. The van der Waals surface area contributed by atoms with E-state index in [1.807, 2.05) is 0 Å². The van der Waals surface area contributed by atoms with Gasteiger partial charge >= 0.3 is 0 Å². The average molecular weight is 286 g/mol. The molecule has 19 heavy (non-hydrogen) atoms. The molecule has 3 N–H and O–H groups in total. The fourth-order valence-corrected chi connectivity index (χ4v) is 3.80. The molecule has 4 nitrogen and oxygen atoms in total. The lowest BCUT2D eigenvalue weighted by Crippen LogP contribution is -2.40. The number of hydrogen-bond donors (Lipinski definition) is 2. The van der Waals surface area contributed by atoms with Gasteiger partial charge < -0.3 is 5.73 Å². The molecule has 1 aliphatic rings. The topological polar surface area (TPSA) is 72.2 Å². The monoisotopic (exact) mass is 286 g/mol. The maximum atomic E-state index is 13.9. The van der Waals surface area contributed by atoms with Gasteiger partial charge in [-0.25, -0.2) is 17.5 Å². The summed E-state index contributed by atoms with van der Waals surface area (Å²) in [7, 11) is -3.80. The van der Waals surface area contributed by atoms with Gasteiger partial charge in [-0.15, -0.1) is 0 Å². The first-order chi connectivity index (χ1) is 8.90. The Balaban J connectivity index is 2.16. The van der Waals surface area contributed by atoms with Crippen LogP contribution in [0.25, 0.3) is 0 Å². The van der Waals surface area contributed by atoms with E-state index >= 15 is 0 Å². The van der Waals surface area contributed by atoms with Crippen molar-refractivity contribution in [3.8, 4) is 0 Å².